The Kier molecular flexibility index (Phi) is 3.81. The molecule has 0 atom stereocenters. The Bertz CT molecular complexity index is 1370. The molecule has 1 heterocycles. The first kappa shape index (κ1) is 16.8. The van der Waals surface area contributed by atoms with E-state index in [1.165, 1.54) is 12.5 Å². The highest BCUT2D eigenvalue weighted by molar-refractivity contribution is 6.30. The second-order valence-corrected chi connectivity index (χ2v) is 7.08. The zero-order valence-corrected chi connectivity index (χ0v) is 15.8. The molecule has 0 amide bonds. The summed E-state index contributed by atoms with van der Waals surface area (Å²) in [6, 6.07) is 23.9. The van der Waals surface area contributed by atoms with Crippen LogP contribution in [-0.2, 0) is 4.74 Å². The number of halogens is 1. The molecule has 4 aromatic carbocycles. The molecule has 136 valence electrons. The molecule has 0 aliphatic rings. The van der Waals surface area contributed by atoms with Gasteiger partial charge in [0.2, 0.25) is 0 Å². The monoisotopic (exact) mass is 386 g/mol. The van der Waals surface area contributed by atoms with Gasteiger partial charge in [0.15, 0.2) is 5.69 Å². The molecule has 5 heteroatoms. The van der Waals surface area contributed by atoms with Crippen molar-refractivity contribution >= 4 is 50.0 Å². The molecule has 0 bridgehead atoms. The molecule has 0 aliphatic carbocycles. The van der Waals surface area contributed by atoms with Gasteiger partial charge < -0.3 is 4.74 Å². The van der Waals surface area contributed by atoms with Crippen LogP contribution < -0.4 is 0 Å². The molecule has 0 saturated heterocycles. The fourth-order valence-electron chi connectivity index (χ4n) is 3.58. The fourth-order valence-corrected chi connectivity index (χ4v) is 3.71. The number of aromatic nitrogens is 2. The number of carbonyl (C=O) groups excluding carboxylic acids is 1. The molecule has 0 aliphatic heterocycles. The van der Waals surface area contributed by atoms with Gasteiger partial charge in [0.25, 0.3) is 0 Å². The maximum absolute atomic E-state index is 12.4. The van der Waals surface area contributed by atoms with E-state index in [1.54, 1.807) is 16.8 Å². The second kappa shape index (κ2) is 6.36. The van der Waals surface area contributed by atoms with Crippen molar-refractivity contribution in [1.82, 2.24) is 9.78 Å². The molecule has 5 aromatic rings. The first-order chi connectivity index (χ1) is 13.6. The lowest BCUT2D eigenvalue weighted by atomic mass is 10.0. The van der Waals surface area contributed by atoms with E-state index in [9.17, 15) is 4.79 Å². The predicted octanol–water partition coefficient (Wildman–Crippen LogP) is 5.77. The molecule has 4 nitrogen and oxygen atoms in total. The minimum Gasteiger partial charge on any atom is -0.464 e. The largest absolute Gasteiger partial charge is 0.464 e. The van der Waals surface area contributed by atoms with Gasteiger partial charge >= 0.3 is 5.97 Å². The van der Waals surface area contributed by atoms with Crippen molar-refractivity contribution in [2.24, 2.45) is 0 Å². The summed E-state index contributed by atoms with van der Waals surface area (Å²) in [7, 11) is 1.37. The maximum Gasteiger partial charge on any atom is 0.359 e. The lowest BCUT2D eigenvalue weighted by Gasteiger charge is -2.06. The van der Waals surface area contributed by atoms with Gasteiger partial charge in [0.1, 0.15) is 0 Å². The van der Waals surface area contributed by atoms with Gasteiger partial charge in [-0.1, -0.05) is 35.9 Å². The first-order valence-electron chi connectivity index (χ1n) is 8.83. The lowest BCUT2D eigenvalue weighted by molar-refractivity contribution is 0.0595. The van der Waals surface area contributed by atoms with E-state index < -0.39 is 5.97 Å². The molecule has 0 fully saturated rings. The summed E-state index contributed by atoms with van der Waals surface area (Å²) >= 11 is 6.03. The number of hydrogen-bond acceptors (Lipinski definition) is 3. The Balaban J connectivity index is 1.86. The third kappa shape index (κ3) is 2.62. The van der Waals surface area contributed by atoms with Gasteiger partial charge in [-0.05, 0) is 70.1 Å². The van der Waals surface area contributed by atoms with Crippen molar-refractivity contribution in [2.75, 3.05) is 7.11 Å². The molecular weight excluding hydrogens is 372 g/mol. The summed E-state index contributed by atoms with van der Waals surface area (Å²) in [5.41, 5.74) is 1.96. The second-order valence-electron chi connectivity index (χ2n) is 6.64. The molecule has 0 unspecified atom stereocenters. The van der Waals surface area contributed by atoms with E-state index in [0.29, 0.717) is 10.7 Å². The fraction of sp³-hybridized carbons (Fsp3) is 0.0435. The highest BCUT2D eigenvalue weighted by Gasteiger charge is 2.19. The molecule has 0 N–H and O–H groups in total. The quantitative estimate of drug-likeness (QED) is 0.285. The summed E-state index contributed by atoms with van der Waals surface area (Å²) in [4.78, 5) is 12.4. The number of nitrogens with zero attached hydrogens (tertiary/aromatic N) is 2. The van der Waals surface area contributed by atoms with Crippen LogP contribution in [-0.4, -0.2) is 22.9 Å². The highest BCUT2D eigenvalue weighted by Crippen LogP contribution is 2.31. The molecule has 5 rings (SSSR count). The van der Waals surface area contributed by atoms with Crippen molar-refractivity contribution in [1.29, 1.82) is 0 Å². The average molecular weight is 387 g/mol. The number of methoxy groups -OCH3 is 1. The van der Waals surface area contributed by atoms with Crippen LogP contribution in [0.25, 0.3) is 38.1 Å². The van der Waals surface area contributed by atoms with Crippen molar-refractivity contribution < 1.29 is 9.53 Å². The number of benzene rings is 4. The summed E-state index contributed by atoms with van der Waals surface area (Å²) < 4.78 is 6.72. The van der Waals surface area contributed by atoms with Crippen LogP contribution in [0.1, 0.15) is 10.5 Å². The molecule has 0 saturated carbocycles. The van der Waals surface area contributed by atoms with E-state index >= 15 is 0 Å². The summed E-state index contributed by atoms with van der Waals surface area (Å²) in [6.07, 6.45) is 0. The zero-order valence-electron chi connectivity index (χ0n) is 15.0. The SMILES string of the molecule is COC(=O)c1nn(-c2ccc(Cl)cc2)c2cc3cc4ccccc4cc3cc12. The van der Waals surface area contributed by atoms with E-state index in [1.807, 2.05) is 30.3 Å². The number of rotatable bonds is 2. The third-order valence-electron chi connectivity index (χ3n) is 4.95. The van der Waals surface area contributed by atoms with Gasteiger partial charge in [-0.3, -0.25) is 0 Å². The zero-order chi connectivity index (χ0) is 19.3. The van der Waals surface area contributed by atoms with Crippen LogP contribution in [0.2, 0.25) is 5.02 Å². The minimum atomic E-state index is -0.460. The maximum atomic E-state index is 12.4. The number of hydrogen-bond donors (Lipinski definition) is 0. The van der Waals surface area contributed by atoms with Gasteiger partial charge in [-0.15, -0.1) is 0 Å². The van der Waals surface area contributed by atoms with Crippen molar-refractivity contribution in [3.05, 3.63) is 83.5 Å². The average Bonchev–Trinajstić information content (AvgIpc) is 3.09. The first-order valence-corrected chi connectivity index (χ1v) is 9.21. The van der Waals surface area contributed by atoms with E-state index in [-0.39, 0.29) is 0 Å². The normalized spacial score (nSPS) is 11.4. The number of carbonyl (C=O) groups is 1. The lowest BCUT2D eigenvalue weighted by Crippen LogP contribution is -2.04. The van der Waals surface area contributed by atoms with Gasteiger partial charge in [0, 0.05) is 10.4 Å². The van der Waals surface area contributed by atoms with Crippen molar-refractivity contribution in [3.8, 4) is 5.69 Å². The third-order valence-corrected chi connectivity index (χ3v) is 5.20. The van der Waals surface area contributed by atoms with Gasteiger partial charge in [-0.2, -0.15) is 5.10 Å². The molecule has 0 radical (unpaired) electrons. The summed E-state index contributed by atoms with van der Waals surface area (Å²) in [5, 5.41) is 10.4. The van der Waals surface area contributed by atoms with Gasteiger partial charge in [-0.25, -0.2) is 9.48 Å². The van der Waals surface area contributed by atoms with Crippen molar-refractivity contribution in [2.45, 2.75) is 0 Å². The standard InChI is InChI=1S/C23H15ClN2O2/c1-28-23(27)22-20-12-16-10-14-4-2-3-5-15(14)11-17(16)13-21(20)26(25-22)19-8-6-18(24)7-9-19/h2-13H,1H3. The Morgan fingerprint density at radius 3 is 2.18 bits per heavy atom. The number of esters is 1. The topological polar surface area (TPSA) is 44.1 Å². The highest BCUT2D eigenvalue weighted by atomic mass is 35.5. The van der Waals surface area contributed by atoms with E-state index in [0.717, 1.165) is 32.7 Å². The van der Waals surface area contributed by atoms with Crippen LogP contribution in [0.4, 0.5) is 0 Å². The van der Waals surface area contributed by atoms with Gasteiger partial charge in [0.05, 0.1) is 18.3 Å². The predicted molar refractivity (Wildman–Crippen MR) is 112 cm³/mol. The Labute approximate surface area is 165 Å². The van der Waals surface area contributed by atoms with Crippen LogP contribution in [0, 0.1) is 0 Å². The van der Waals surface area contributed by atoms with Crippen LogP contribution in [0.15, 0.2) is 72.8 Å². The molecule has 1 aromatic heterocycles. The Hall–Kier alpha value is -3.37. The number of fused-ring (bicyclic) bond motifs is 3. The molecule has 0 spiro atoms. The minimum absolute atomic E-state index is 0.294. The Morgan fingerprint density at radius 1 is 0.893 bits per heavy atom. The number of ether oxygens (including phenoxy) is 1. The summed E-state index contributed by atoms with van der Waals surface area (Å²) in [5.74, 6) is -0.460. The molecule has 28 heavy (non-hydrogen) atoms. The van der Waals surface area contributed by atoms with Crippen LogP contribution in [0.3, 0.4) is 0 Å². The van der Waals surface area contributed by atoms with E-state index in [2.05, 4.69) is 35.4 Å². The molecular formula is C23H15ClN2O2. The van der Waals surface area contributed by atoms with Crippen LogP contribution >= 0.6 is 11.6 Å². The van der Waals surface area contributed by atoms with E-state index in [4.69, 9.17) is 16.3 Å². The Morgan fingerprint density at radius 2 is 1.54 bits per heavy atom. The summed E-state index contributed by atoms with van der Waals surface area (Å²) in [6.45, 7) is 0. The van der Waals surface area contributed by atoms with Crippen molar-refractivity contribution in [3.63, 3.8) is 0 Å². The van der Waals surface area contributed by atoms with Crippen LogP contribution in [0.5, 0.6) is 0 Å². The smallest absolute Gasteiger partial charge is 0.359 e.